The Bertz CT molecular complexity index is 645. The van der Waals surface area contributed by atoms with Gasteiger partial charge in [-0.25, -0.2) is 4.98 Å². The highest BCUT2D eigenvalue weighted by Gasteiger charge is 2.14. The predicted molar refractivity (Wildman–Crippen MR) is 83.3 cm³/mol. The average Bonchev–Trinajstić information content (AvgIpc) is 2.82. The summed E-state index contributed by atoms with van der Waals surface area (Å²) in [5.41, 5.74) is 2.86. The van der Waals surface area contributed by atoms with E-state index in [1.807, 2.05) is 13.8 Å². The van der Waals surface area contributed by atoms with Crippen molar-refractivity contribution in [2.45, 2.75) is 46.7 Å². The van der Waals surface area contributed by atoms with Crippen molar-refractivity contribution in [1.82, 2.24) is 15.3 Å². The summed E-state index contributed by atoms with van der Waals surface area (Å²) >= 11 is 1.76. The maximum atomic E-state index is 12.1. The molecule has 2 heterocycles. The molecule has 0 aliphatic heterocycles. The van der Waals surface area contributed by atoms with Gasteiger partial charge < -0.3 is 10.3 Å². The Kier molecular flexibility index (Phi) is 4.73. The highest BCUT2D eigenvalue weighted by Crippen LogP contribution is 2.19. The standard InChI is InChI=1S/C15H21N3OS/c1-5-12-6-7-20-13(12)8-16-9(2)14-10(3)17-11(4)18-15(14)19/h6-7,9,16H,5,8H2,1-4H3,(H,17,18,19). The van der Waals surface area contributed by atoms with Gasteiger partial charge in [0.05, 0.1) is 5.56 Å². The molecule has 2 N–H and O–H groups in total. The van der Waals surface area contributed by atoms with Crippen molar-refractivity contribution in [1.29, 1.82) is 0 Å². The van der Waals surface area contributed by atoms with E-state index in [0.717, 1.165) is 24.2 Å². The van der Waals surface area contributed by atoms with E-state index in [9.17, 15) is 4.79 Å². The normalized spacial score (nSPS) is 12.6. The van der Waals surface area contributed by atoms with Crippen molar-refractivity contribution in [3.63, 3.8) is 0 Å². The molecule has 20 heavy (non-hydrogen) atoms. The number of H-pyrrole nitrogens is 1. The summed E-state index contributed by atoms with van der Waals surface area (Å²) in [6.07, 6.45) is 1.04. The van der Waals surface area contributed by atoms with Crippen molar-refractivity contribution in [3.05, 3.63) is 49.3 Å². The van der Waals surface area contributed by atoms with Gasteiger partial charge >= 0.3 is 0 Å². The number of aromatic nitrogens is 2. The van der Waals surface area contributed by atoms with Gasteiger partial charge in [0.25, 0.3) is 5.56 Å². The second-order valence-corrected chi connectivity index (χ2v) is 5.98. The third-order valence-electron chi connectivity index (χ3n) is 3.48. The molecule has 2 aromatic heterocycles. The van der Waals surface area contributed by atoms with E-state index < -0.39 is 0 Å². The van der Waals surface area contributed by atoms with Gasteiger partial charge in [0.15, 0.2) is 0 Å². The summed E-state index contributed by atoms with van der Waals surface area (Å²) in [6, 6.07) is 2.15. The van der Waals surface area contributed by atoms with Gasteiger partial charge in [0, 0.05) is 23.2 Å². The monoisotopic (exact) mass is 291 g/mol. The van der Waals surface area contributed by atoms with Crippen LogP contribution in [0.3, 0.4) is 0 Å². The fourth-order valence-electron chi connectivity index (χ4n) is 2.43. The highest BCUT2D eigenvalue weighted by molar-refractivity contribution is 7.10. The van der Waals surface area contributed by atoms with E-state index in [-0.39, 0.29) is 11.6 Å². The van der Waals surface area contributed by atoms with Crippen molar-refractivity contribution >= 4 is 11.3 Å². The number of thiophene rings is 1. The molecule has 0 fully saturated rings. The van der Waals surface area contributed by atoms with Crippen LogP contribution in [-0.4, -0.2) is 9.97 Å². The second kappa shape index (κ2) is 6.33. The van der Waals surface area contributed by atoms with Gasteiger partial charge in [-0.1, -0.05) is 6.92 Å². The molecule has 0 spiro atoms. The zero-order valence-electron chi connectivity index (χ0n) is 12.4. The number of aromatic amines is 1. The smallest absolute Gasteiger partial charge is 0.255 e. The molecule has 0 aliphatic carbocycles. The van der Waals surface area contributed by atoms with E-state index in [1.54, 1.807) is 18.3 Å². The zero-order valence-corrected chi connectivity index (χ0v) is 13.2. The van der Waals surface area contributed by atoms with Crippen LogP contribution in [0.1, 0.15) is 47.4 Å². The number of aryl methyl sites for hydroxylation is 3. The van der Waals surface area contributed by atoms with E-state index in [0.29, 0.717) is 5.82 Å². The van der Waals surface area contributed by atoms with Crippen LogP contribution in [-0.2, 0) is 13.0 Å². The molecule has 0 saturated heterocycles. The maximum Gasteiger partial charge on any atom is 0.255 e. The van der Waals surface area contributed by atoms with Crippen molar-refractivity contribution in [2.24, 2.45) is 0 Å². The van der Waals surface area contributed by atoms with E-state index in [2.05, 4.69) is 33.7 Å². The SMILES string of the molecule is CCc1ccsc1CNC(C)c1c(C)nc(C)[nH]c1=O. The number of hydrogen-bond acceptors (Lipinski definition) is 4. The maximum absolute atomic E-state index is 12.1. The van der Waals surface area contributed by atoms with Crippen molar-refractivity contribution in [2.75, 3.05) is 0 Å². The highest BCUT2D eigenvalue weighted by atomic mass is 32.1. The number of nitrogens with zero attached hydrogens (tertiary/aromatic N) is 1. The number of hydrogen-bond donors (Lipinski definition) is 2. The molecule has 4 nitrogen and oxygen atoms in total. The molecule has 108 valence electrons. The Morgan fingerprint density at radius 1 is 1.45 bits per heavy atom. The minimum absolute atomic E-state index is 0.0151. The molecule has 5 heteroatoms. The Morgan fingerprint density at radius 2 is 2.20 bits per heavy atom. The second-order valence-electron chi connectivity index (χ2n) is 4.98. The fourth-order valence-corrected chi connectivity index (χ4v) is 3.36. The average molecular weight is 291 g/mol. The molecule has 0 saturated carbocycles. The van der Waals surface area contributed by atoms with Gasteiger partial charge in [-0.05, 0) is 44.2 Å². The topological polar surface area (TPSA) is 57.8 Å². The van der Waals surface area contributed by atoms with E-state index >= 15 is 0 Å². The van der Waals surface area contributed by atoms with Crippen LogP contribution in [0.15, 0.2) is 16.2 Å². The first-order valence-electron chi connectivity index (χ1n) is 6.89. The Balaban J connectivity index is 2.13. The van der Waals surface area contributed by atoms with Crippen LogP contribution < -0.4 is 10.9 Å². The molecular weight excluding hydrogens is 270 g/mol. The Morgan fingerprint density at radius 3 is 2.85 bits per heavy atom. The number of nitrogens with one attached hydrogen (secondary N) is 2. The predicted octanol–water partition coefficient (Wildman–Crippen LogP) is 2.86. The minimum atomic E-state index is -0.0445. The molecule has 2 aromatic rings. The molecule has 1 unspecified atom stereocenters. The summed E-state index contributed by atoms with van der Waals surface area (Å²) in [4.78, 5) is 20.5. The zero-order chi connectivity index (χ0) is 14.7. The molecule has 0 bridgehead atoms. The summed E-state index contributed by atoms with van der Waals surface area (Å²) in [6.45, 7) is 8.64. The van der Waals surface area contributed by atoms with Gasteiger partial charge in [0.2, 0.25) is 0 Å². The first kappa shape index (κ1) is 14.9. The van der Waals surface area contributed by atoms with Gasteiger partial charge in [-0.15, -0.1) is 11.3 Å². The molecule has 0 radical (unpaired) electrons. The molecule has 0 amide bonds. The van der Waals surface area contributed by atoms with Crippen molar-refractivity contribution in [3.8, 4) is 0 Å². The summed E-state index contributed by atoms with van der Waals surface area (Å²) < 4.78 is 0. The third kappa shape index (κ3) is 3.16. The minimum Gasteiger partial charge on any atom is -0.310 e. The largest absolute Gasteiger partial charge is 0.310 e. The van der Waals surface area contributed by atoms with Gasteiger partial charge in [-0.2, -0.15) is 0 Å². The van der Waals surface area contributed by atoms with Crippen LogP contribution in [0, 0.1) is 13.8 Å². The van der Waals surface area contributed by atoms with E-state index in [4.69, 9.17) is 0 Å². The molecule has 0 aromatic carbocycles. The summed E-state index contributed by atoms with van der Waals surface area (Å²) in [5, 5.41) is 5.54. The van der Waals surface area contributed by atoms with Crippen LogP contribution in [0.4, 0.5) is 0 Å². The van der Waals surface area contributed by atoms with Crippen LogP contribution >= 0.6 is 11.3 Å². The van der Waals surface area contributed by atoms with Crippen LogP contribution in [0.5, 0.6) is 0 Å². The fraction of sp³-hybridized carbons (Fsp3) is 0.467. The molecule has 0 aliphatic rings. The first-order chi connectivity index (χ1) is 9.52. The van der Waals surface area contributed by atoms with Gasteiger partial charge in [-0.3, -0.25) is 4.79 Å². The van der Waals surface area contributed by atoms with Gasteiger partial charge in [0.1, 0.15) is 5.82 Å². The summed E-state index contributed by atoms with van der Waals surface area (Å²) in [7, 11) is 0. The Labute approximate surface area is 123 Å². The van der Waals surface area contributed by atoms with Crippen LogP contribution in [0.25, 0.3) is 0 Å². The lowest BCUT2D eigenvalue weighted by molar-refractivity contribution is 0.564. The van der Waals surface area contributed by atoms with Crippen molar-refractivity contribution < 1.29 is 0 Å². The number of rotatable bonds is 5. The first-order valence-corrected chi connectivity index (χ1v) is 7.77. The molecule has 1 atom stereocenters. The third-order valence-corrected chi connectivity index (χ3v) is 4.45. The molecule has 2 rings (SSSR count). The Hall–Kier alpha value is -1.46. The van der Waals surface area contributed by atoms with E-state index in [1.165, 1.54) is 10.4 Å². The summed E-state index contributed by atoms with van der Waals surface area (Å²) in [5.74, 6) is 0.662. The lowest BCUT2D eigenvalue weighted by Crippen LogP contribution is -2.27. The van der Waals surface area contributed by atoms with Crippen LogP contribution in [0.2, 0.25) is 0 Å². The lowest BCUT2D eigenvalue weighted by Gasteiger charge is -2.15. The quantitative estimate of drug-likeness (QED) is 0.890. The molecular formula is C15H21N3OS. The lowest BCUT2D eigenvalue weighted by atomic mass is 10.1.